The third-order valence-electron chi connectivity index (χ3n) is 4.51. The average Bonchev–Trinajstić information content (AvgIpc) is 2.89. The molecule has 1 aliphatic carbocycles. The van der Waals surface area contributed by atoms with Crippen molar-refractivity contribution in [3.8, 4) is 0 Å². The van der Waals surface area contributed by atoms with Crippen LogP contribution in [0.4, 0.5) is 0 Å². The van der Waals surface area contributed by atoms with Gasteiger partial charge in [-0.2, -0.15) is 0 Å². The molecular weight excluding hydrogens is 262 g/mol. The fourth-order valence-electron chi connectivity index (χ4n) is 3.35. The number of fused-ring (bicyclic) bond motifs is 1. The van der Waals surface area contributed by atoms with Gasteiger partial charge in [0.2, 0.25) is 5.91 Å². The average molecular weight is 289 g/mol. The van der Waals surface area contributed by atoms with Crippen LogP contribution >= 0.6 is 0 Å². The van der Waals surface area contributed by atoms with Gasteiger partial charge in [0, 0.05) is 19.6 Å². The second-order valence-corrected chi connectivity index (χ2v) is 6.11. The fraction of sp³-hybridized carbons (Fsp3) is 0.611. The summed E-state index contributed by atoms with van der Waals surface area (Å²) in [5.74, 6) is 0.930. The Balaban J connectivity index is 1.80. The summed E-state index contributed by atoms with van der Waals surface area (Å²) in [6.45, 7) is 3.04. The lowest BCUT2D eigenvalue weighted by molar-refractivity contribution is -0.121. The summed E-state index contributed by atoms with van der Waals surface area (Å²) < 4.78 is 0. The molecule has 0 aliphatic heterocycles. The van der Waals surface area contributed by atoms with Crippen molar-refractivity contribution in [2.45, 2.75) is 51.4 Å². The Bertz CT molecular complexity index is 452. The highest BCUT2D eigenvalue weighted by molar-refractivity contribution is 5.77. The maximum atomic E-state index is 12.1. The van der Waals surface area contributed by atoms with E-state index in [1.807, 2.05) is 0 Å². The number of aliphatic hydroxyl groups excluding tert-OH is 1. The molecular formula is C18H27NO2. The number of hydrogen-bond donors (Lipinski definition) is 2. The predicted octanol–water partition coefficient (Wildman–Crippen LogP) is 3.02. The summed E-state index contributed by atoms with van der Waals surface area (Å²) in [5, 5.41) is 12.1. The second-order valence-electron chi connectivity index (χ2n) is 6.11. The summed E-state index contributed by atoms with van der Waals surface area (Å²) in [5.41, 5.74) is 2.76. The van der Waals surface area contributed by atoms with Gasteiger partial charge in [-0.3, -0.25) is 4.79 Å². The minimum Gasteiger partial charge on any atom is -0.396 e. The summed E-state index contributed by atoms with van der Waals surface area (Å²) >= 11 is 0. The Kier molecular flexibility index (Phi) is 6.24. The Hall–Kier alpha value is -1.35. The summed E-state index contributed by atoms with van der Waals surface area (Å²) in [6, 6.07) is 8.47. The van der Waals surface area contributed by atoms with Crippen LogP contribution < -0.4 is 5.32 Å². The zero-order valence-corrected chi connectivity index (χ0v) is 13.0. The molecule has 1 aliphatic rings. The van der Waals surface area contributed by atoms with Crippen molar-refractivity contribution in [1.82, 2.24) is 5.32 Å². The first-order valence-corrected chi connectivity index (χ1v) is 8.20. The Labute approximate surface area is 127 Å². The number of hydrogen-bond acceptors (Lipinski definition) is 2. The fourth-order valence-corrected chi connectivity index (χ4v) is 3.35. The minimum atomic E-state index is 0.149. The first-order chi connectivity index (χ1) is 10.2. The zero-order chi connectivity index (χ0) is 15.1. The smallest absolute Gasteiger partial charge is 0.220 e. The van der Waals surface area contributed by atoms with E-state index < -0.39 is 0 Å². The van der Waals surface area contributed by atoms with Gasteiger partial charge in [0.15, 0.2) is 0 Å². The number of aliphatic hydroxyl groups is 1. The first-order valence-electron chi connectivity index (χ1n) is 8.20. The molecule has 2 rings (SSSR count). The number of aryl methyl sites for hydroxylation is 1. The van der Waals surface area contributed by atoms with Crippen LogP contribution in [0, 0.1) is 5.92 Å². The van der Waals surface area contributed by atoms with Crippen LogP contribution in [-0.2, 0) is 11.2 Å². The van der Waals surface area contributed by atoms with Crippen molar-refractivity contribution in [2.24, 2.45) is 5.92 Å². The number of amides is 1. The van der Waals surface area contributed by atoms with Gasteiger partial charge in [-0.1, -0.05) is 37.6 Å². The maximum absolute atomic E-state index is 12.1. The van der Waals surface area contributed by atoms with E-state index in [9.17, 15) is 4.79 Å². The molecule has 2 unspecified atom stereocenters. The van der Waals surface area contributed by atoms with Gasteiger partial charge in [-0.05, 0) is 48.6 Å². The highest BCUT2D eigenvalue weighted by Gasteiger charge is 2.24. The maximum Gasteiger partial charge on any atom is 0.220 e. The van der Waals surface area contributed by atoms with E-state index in [2.05, 4.69) is 36.5 Å². The van der Waals surface area contributed by atoms with Crippen LogP contribution in [0.2, 0.25) is 0 Å². The van der Waals surface area contributed by atoms with Gasteiger partial charge in [0.05, 0.1) is 0 Å². The molecule has 1 amide bonds. The standard InChI is InChI=1S/C18H27NO2/c1-2-5-14(10-11-20)13-19-18(21)12-16-9-8-15-6-3-4-7-17(15)16/h3-4,6-7,14,16,20H,2,5,8-13H2,1H3,(H,19,21). The molecule has 1 aromatic carbocycles. The van der Waals surface area contributed by atoms with Gasteiger partial charge in [-0.25, -0.2) is 0 Å². The lowest BCUT2D eigenvalue weighted by Crippen LogP contribution is -2.30. The largest absolute Gasteiger partial charge is 0.396 e. The molecule has 1 aromatic rings. The summed E-state index contributed by atoms with van der Waals surface area (Å²) in [7, 11) is 0. The third kappa shape index (κ3) is 4.57. The van der Waals surface area contributed by atoms with Crippen molar-refractivity contribution in [3.63, 3.8) is 0 Å². The van der Waals surface area contributed by atoms with Crippen molar-refractivity contribution in [1.29, 1.82) is 0 Å². The van der Waals surface area contributed by atoms with Crippen LogP contribution in [0.3, 0.4) is 0 Å². The Morgan fingerprint density at radius 2 is 2.19 bits per heavy atom. The molecule has 116 valence electrons. The number of carbonyl (C=O) groups excluding carboxylic acids is 1. The van der Waals surface area contributed by atoms with E-state index in [4.69, 9.17) is 5.11 Å². The van der Waals surface area contributed by atoms with Crippen molar-refractivity contribution >= 4 is 5.91 Å². The molecule has 0 aromatic heterocycles. The molecule has 21 heavy (non-hydrogen) atoms. The number of rotatable bonds is 8. The van der Waals surface area contributed by atoms with Crippen LogP contribution in [0.15, 0.2) is 24.3 Å². The molecule has 0 bridgehead atoms. The monoisotopic (exact) mass is 289 g/mol. The molecule has 3 heteroatoms. The van der Waals surface area contributed by atoms with Crippen LogP contribution in [0.1, 0.15) is 56.1 Å². The van der Waals surface area contributed by atoms with Crippen molar-refractivity contribution in [3.05, 3.63) is 35.4 Å². The van der Waals surface area contributed by atoms with Gasteiger partial charge < -0.3 is 10.4 Å². The molecule has 2 atom stereocenters. The first kappa shape index (κ1) is 16.0. The van der Waals surface area contributed by atoms with Crippen molar-refractivity contribution in [2.75, 3.05) is 13.2 Å². The summed E-state index contributed by atoms with van der Waals surface area (Å²) in [4.78, 5) is 12.1. The van der Waals surface area contributed by atoms with Gasteiger partial charge in [0.1, 0.15) is 0 Å². The van der Waals surface area contributed by atoms with Gasteiger partial charge in [0.25, 0.3) is 0 Å². The number of nitrogens with one attached hydrogen (secondary N) is 1. The molecule has 0 saturated heterocycles. The molecule has 3 nitrogen and oxygen atoms in total. The van der Waals surface area contributed by atoms with E-state index in [1.165, 1.54) is 11.1 Å². The molecule has 0 fully saturated rings. The molecule has 0 radical (unpaired) electrons. The molecule has 2 N–H and O–H groups in total. The van der Waals surface area contributed by atoms with E-state index in [0.717, 1.165) is 32.1 Å². The molecule has 0 spiro atoms. The van der Waals surface area contributed by atoms with Crippen LogP contribution in [-0.4, -0.2) is 24.2 Å². The minimum absolute atomic E-state index is 0.149. The van der Waals surface area contributed by atoms with Gasteiger partial charge in [-0.15, -0.1) is 0 Å². The summed E-state index contributed by atoms with van der Waals surface area (Å²) in [6.07, 6.45) is 5.71. The lowest BCUT2D eigenvalue weighted by Gasteiger charge is -2.17. The normalized spacial score (nSPS) is 18.3. The van der Waals surface area contributed by atoms with E-state index in [-0.39, 0.29) is 12.5 Å². The van der Waals surface area contributed by atoms with E-state index >= 15 is 0 Å². The zero-order valence-electron chi connectivity index (χ0n) is 13.0. The SMILES string of the molecule is CCCC(CCO)CNC(=O)CC1CCc2ccccc21. The lowest BCUT2D eigenvalue weighted by atomic mass is 9.97. The van der Waals surface area contributed by atoms with Crippen LogP contribution in [0.25, 0.3) is 0 Å². The quantitative estimate of drug-likeness (QED) is 0.773. The number of benzene rings is 1. The third-order valence-corrected chi connectivity index (χ3v) is 4.51. The Morgan fingerprint density at radius 1 is 1.38 bits per heavy atom. The highest BCUT2D eigenvalue weighted by Crippen LogP contribution is 2.35. The van der Waals surface area contributed by atoms with Crippen LogP contribution in [0.5, 0.6) is 0 Å². The van der Waals surface area contributed by atoms with E-state index in [1.54, 1.807) is 0 Å². The Morgan fingerprint density at radius 3 is 2.95 bits per heavy atom. The topological polar surface area (TPSA) is 49.3 Å². The van der Waals surface area contributed by atoms with E-state index in [0.29, 0.717) is 24.8 Å². The number of carbonyl (C=O) groups is 1. The van der Waals surface area contributed by atoms with Gasteiger partial charge >= 0.3 is 0 Å². The predicted molar refractivity (Wildman–Crippen MR) is 85.2 cm³/mol. The molecule has 0 heterocycles. The second kappa shape index (κ2) is 8.18. The highest BCUT2D eigenvalue weighted by atomic mass is 16.3. The molecule has 0 saturated carbocycles. The van der Waals surface area contributed by atoms with Crippen molar-refractivity contribution < 1.29 is 9.90 Å².